The lowest BCUT2D eigenvalue weighted by Gasteiger charge is -2.34. The highest BCUT2D eigenvalue weighted by Gasteiger charge is 2.44. The quantitative estimate of drug-likeness (QED) is 0.649. The Morgan fingerprint density at radius 3 is 2.43 bits per heavy atom. The van der Waals surface area contributed by atoms with E-state index < -0.39 is 45.3 Å². The number of hydrogen-bond acceptors (Lipinski definition) is 7. The molecule has 9 heteroatoms. The van der Waals surface area contributed by atoms with Gasteiger partial charge >= 0.3 is 11.9 Å². The zero-order valence-electron chi connectivity index (χ0n) is 16.7. The Morgan fingerprint density at radius 2 is 1.79 bits per heavy atom. The predicted octanol–water partition coefficient (Wildman–Crippen LogP) is 1.20. The lowest BCUT2D eigenvalue weighted by Crippen LogP contribution is -2.53. The molecular weight excluding hydrogens is 384 g/mol. The first kappa shape index (κ1) is 21.5. The van der Waals surface area contributed by atoms with Gasteiger partial charge in [-0.05, 0) is 58.0 Å². The van der Waals surface area contributed by atoms with Crippen LogP contribution in [0, 0.1) is 5.92 Å². The van der Waals surface area contributed by atoms with Crippen molar-refractivity contribution in [1.82, 2.24) is 9.62 Å². The molecule has 2 unspecified atom stereocenters. The zero-order chi connectivity index (χ0) is 20.2. The molecule has 0 aromatic heterocycles. The van der Waals surface area contributed by atoms with Crippen LogP contribution < -0.4 is 4.72 Å². The fourth-order valence-corrected chi connectivity index (χ4v) is 5.72. The molecule has 28 heavy (non-hydrogen) atoms. The van der Waals surface area contributed by atoms with Crippen LogP contribution >= 0.6 is 0 Å². The summed E-state index contributed by atoms with van der Waals surface area (Å²) in [7, 11) is -3.57. The first-order chi connectivity index (χ1) is 13.3. The molecule has 2 heterocycles. The summed E-state index contributed by atoms with van der Waals surface area (Å²) < 4.78 is 37.7. The molecule has 8 nitrogen and oxygen atoms in total. The van der Waals surface area contributed by atoms with Crippen molar-refractivity contribution in [3.05, 3.63) is 0 Å². The van der Waals surface area contributed by atoms with Crippen LogP contribution in [0.2, 0.25) is 0 Å². The van der Waals surface area contributed by atoms with E-state index in [1.165, 1.54) is 0 Å². The van der Waals surface area contributed by atoms with Crippen molar-refractivity contribution in [2.45, 2.75) is 70.0 Å². The maximum Gasteiger partial charge on any atom is 0.320 e. The van der Waals surface area contributed by atoms with Gasteiger partial charge in [0.15, 0.2) is 0 Å². The third kappa shape index (κ3) is 5.45. The average Bonchev–Trinajstić information content (AvgIpc) is 3.10. The maximum atomic E-state index is 12.9. The SMILES string of the molecule is CCC1(OC(=O)C2CNS(=O)(=O)CC2OC(=O)CN2CCCCC2)CCCC1. The molecule has 160 valence electrons. The third-order valence-corrected chi connectivity index (χ3v) is 7.59. The number of carbonyl (C=O) groups excluding carboxylic acids is 2. The molecule has 0 radical (unpaired) electrons. The number of likely N-dealkylation sites (tertiary alicyclic amines) is 1. The Kier molecular flexibility index (Phi) is 6.98. The van der Waals surface area contributed by atoms with Gasteiger partial charge in [-0.25, -0.2) is 13.1 Å². The molecule has 3 rings (SSSR count). The average molecular weight is 417 g/mol. The van der Waals surface area contributed by atoms with Crippen molar-refractivity contribution >= 4 is 22.0 Å². The Morgan fingerprint density at radius 1 is 1.11 bits per heavy atom. The highest BCUT2D eigenvalue weighted by molar-refractivity contribution is 7.89. The molecule has 0 bridgehead atoms. The molecule has 0 aromatic carbocycles. The van der Waals surface area contributed by atoms with Crippen molar-refractivity contribution in [3.8, 4) is 0 Å². The fraction of sp³-hybridized carbons (Fsp3) is 0.895. The van der Waals surface area contributed by atoms with E-state index in [-0.39, 0.29) is 13.1 Å². The smallest absolute Gasteiger partial charge is 0.320 e. The van der Waals surface area contributed by atoms with Crippen LogP contribution in [0.15, 0.2) is 0 Å². The van der Waals surface area contributed by atoms with Crippen LogP contribution in [-0.4, -0.2) is 68.9 Å². The molecule has 1 N–H and O–H groups in total. The second-order valence-corrected chi connectivity index (χ2v) is 10.1. The Bertz CT molecular complexity index is 668. The number of carbonyl (C=O) groups is 2. The van der Waals surface area contributed by atoms with Gasteiger partial charge in [0.25, 0.3) is 0 Å². The molecule has 2 saturated heterocycles. The van der Waals surface area contributed by atoms with Gasteiger partial charge in [-0.15, -0.1) is 0 Å². The summed E-state index contributed by atoms with van der Waals surface area (Å²) in [5.41, 5.74) is -0.463. The Balaban J connectivity index is 1.64. The summed E-state index contributed by atoms with van der Waals surface area (Å²) in [6.45, 7) is 3.71. The van der Waals surface area contributed by atoms with Gasteiger partial charge in [0.2, 0.25) is 10.0 Å². The molecule has 2 aliphatic heterocycles. The van der Waals surface area contributed by atoms with E-state index in [4.69, 9.17) is 9.47 Å². The number of piperidine rings is 1. The van der Waals surface area contributed by atoms with Gasteiger partial charge < -0.3 is 9.47 Å². The van der Waals surface area contributed by atoms with Crippen LogP contribution in [0.1, 0.15) is 58.3 Å². The minimum Gasteiger partial charge on any atom is -0.459 e. The van der Waals surface area contributed by atoms with Gasteiger partial charge in [-0.1, -0.05) is 13.3 Å². The first-order valence-electron chi connectivity index (χ1n) is 10.4. The van der Waals surface area contributed by atoms with Crippen LogP contribution in [0.25, 0.3) is 0 Å². The first-order valence-corrected chi connectivity index (χ1v) is 12.1. The van der Waals surface area contributed by atoms with Crippen molar-refractivity contribution < 1.29 is 27.5 Å². The minimum atomic E-state index is -3.57. The van der Waals surface area contributed by atoms with Crippen LogP contribution in [0.3, 0.4) is 0 Å². The molecule has 2 atom stereocenters. The van der Waals surface area contributed by atoms with Gasteiger partial charge in [0.1, 0.15) is 23.4 Å². The number of ether oxygens (including phenoxy) is 2. The number of esters is 2. The summed E-state index contributed by atoms with van der Waals surface area (Å²) in [5.74, 6) is -2.16. The summed E-state index contributed by atoms with van der Waals surface area (Å²) in [6, 6.07) is 0. The Hall–Kier alpha value is -1.19. The molecule has 3 fully saturated rings. The van der Waals surface area contributed by atoms with Crippen LogP contribution in [-0.2, 0) is 29.1 Å². The fourth-order valence-electron chi connectivity index (χ4n) is 4.43. The largest absolute Gasteiger partial charge is 0.459 e. The standard InChI is InChI=1S/C19H32N2O6S/c1-2-19(8-4-5-9-19)27-18(23)15-12-20-28(24,25)14-16(15)26-17(22)13-21-10-6-3-7-11-21/h15-16,20H,2-14H2,1H3. The van der Waals surface area contributed by atoms with E-state index >= 15 is 0 Å². The second kappa shape index (κ2) is 9.09. The van der Waals surface area contributed by atoms with Gasteiger partial charge in [0.05, 0.1) is 6.54 Å². The van der Waals surface area contributed by atoms with Crippen molar-refractivity contribution in [2.75, 3.05) is 31.9 Å². The number of sulfonamides is 1. The topological polar surface area (TPSA) is 102 Å². The monoisotopic (exact) mass is 416 g/mol. The molecule has 1 saturated carbocycles. The van der Waals surface area contributed by atoms with E-state index in [0.717, 1.165) is 64.5 Å². The molecular formula is C19H32N2O6S. The third-order valence-electron chi connectivity index (χ3n) is 6.22. The predicted molar refractivity (Wildman–Crippen MR) is 103 cm³/mol. The summed E-state index contributed by atoms with van der Waals surface area (Å²) in [4.78, 5) is 27.3. The number of nitrogens with one attached hydrogen (secondary N) is 1. The van der Waals surface area contributed by atoms with Gasteiger partial charge in [-0.3, -0.25) is 14.5 Å². The highest BCUT2D eigenvalue weighted by atomic mass is 32.2. The molecule has 0 aromatic rings. The Labute approximate surface area is 167 Å². The van der Waals surface area contributed by atoms with E-state index in [9.17, 15) is 18.0 Å². The van der Waals surface area contributed by atoms with E-state index in [0.29, 0.717) is 0 Å². The summed E-state index contributed by atoms with van der Waals surface area (Å²) in [6.07, 6.45) is 6.67. The molecule has 0 amide bonds. The van der Waals surface area contributed by atoms with Crippen molar-refractivity contribution in [1.29, 1.82) is 0 Å². The minimum absolute atomic E-state index is 0.0946. The lowest BCUT2D eigenvalue weighted by molar-refractivity contribution is -0.172. The molecule has 1 aliphatic carbocycles. The van der Waals surface area contributed by atoms with Crippen molar-refractivity contribution in [2.24, 2.45) is 5.92 Å². The number of rotatable bonds is 6. The van der Waals surface area contributed by atoms with Crippen LogP contribution in [0.4, 0.5) is 0 Å². The maximum absolute atomic E-state index is 12.9. The molecule has 0 spiro atoms. The highest BCUT2D eigenvalue weighted by Crippen LogP contribution is 2.37. The normalized spacial score (nSPS) is 29.9. The van der Waals surface area contributed by atoms with E-state index in [1.807, 2.05) is 11.8 Å². The van der Waals surface area contributed by atoms with E-state index in [2.05, 4.69) is 4.72 Å². The number of nitrogens with zero attached hydrogens (tertiary/aromatic N) is 1. The zero-order valence-corrected chi connectivity index (χ0v) is 17.5. The van der Waals surface area contributed by atoms with Gasteiger partial charge in [-0.2, -0.15) is 0 Å². The molecule has 3 aliphatic rings. The van der Waals surface area contributed by atoms with Crippen molar-refractivity contribution in [3.63, 3.8) is 0 Å². The van der Waals surface area contributed by atoms with Gasteiger partial charge in [0, 0.05) is 6.54 Å². The lowest BCUT2D eigenvalue weighted by atomic mass is 9.97. The second-order valence-electron chi connectivity index (χ2n) is 8.27. The summed E-state index contributed by atoms with van der Waals surface area (Å²) in [5, 5.41) is 0. The summed E-state index contributed by atoms with van der Waals surface area (Å²) >= 11 is 0. The van der Waals surface area contributed by atoms with E-state index in [1.54, 1.807) is 0 Å². The number of hydrogen-bond donors (Lipinski definition) is 1. The van der Waals surface area contributed by atoms with Crippen LogP contribution in [0.5, 0.6) is 0 Å².